The van der Waals surface area contributed by atoms with Crippen molar-refractivity contribution in [3.63, 3.8) is 0 Å². The topological polar surface area (TPSA) is 83.0 Å². The summed E-state index contributed by atoms with van der Waals surface area (Å²) >= 11 is 8.41. The van der Waals surface area contributed by atoms with Crippen LogP contribution in [0.5, 0.6) is 0 Å². The normalized spacial score (nSPS) is 21.3. The number of carbonyl (C=O) groups excluding carboxylic acids is 1. The van der Waals surface area contributed by atoms with Crippen LogP contribution in [0.4, 0.5) is 5.82 Å². The van der Waals surface area contributed by atoms with Crippen molar-refractivity contribution in [1.29, 1.82) is 5.26 Å². The van der Waals surface area contributed by atoms with E-state index in [0.717, 1.165) is 19.5 Å². The molecule has 4 rings (SSSR count). The lowest BCUT2D eigenvalue weighted by Gasteiger charge is -2.43. The number of thiophene rings is 1. The molecular weight excluding hydrogens is 516 g/mol. The third kappa shape index (κ3) is 3.56. The Hall–Kier alpha value is -1.95. The summed E-state index contributed by atoms with van der Waals surface area (Å²) in [6.45, 7) is 4.16. The van der Waals surface area contributed by atoms with Crippen LogP contribution < -0.4 is 10.6 Å². The summed E-state index contributed by atoms with van der Waals surface area (Å²) in [7, 11) is 0. The van der Waals surface area contributed by atoms with Crippen LogP contribution >= 0.6 is 43.2 Å². The van der Waals surface area contributed by atoms with Crippen LogP contribution in [0.25, 0.3) is 0 Å². The number of nitriles is 1. The van der Waals surface area contributed by atoms with Gasteiger partial charge in [0.1, 0.15) is 11.6 Å². The number of rotatable bonds is 2. The number of Topliss-reactive ketones (excluding diaryl/α,β-unsaturated/α-hetero) is 1. The molecule has 0 aromatic carbocycles. The van der Waals surface area contributed by atoms with Crippen molar-refractivity contribution >= 4 is 54.8 Å². The highest BCUT2D eigenvalue weighted by Gasteiger charge is 2.45. The fourth-order valence-electron chi connectivity index (χ4n) is 4.03. The molecule has 8 heteroatoms. The summed E-state index contributed by atoms with van der Waals surface area (Å²) in [6, 6.07) is 7.95. The highest BCUT2D eigenvalue weighted by atomic mass is 79.9. The van der Waals surface area contributed by atoms with E-state index in [1.54, 1.807) is 11.1 Å². The molecule has 1 unspecified atom stereocenters. The smallest absolute Gasteiger partial charge is 0.162 e. The summed E-state index contributed by atoms with van der Waals surface area (Å²) in [4.78, 5) is 20.6. The Bertz CT molecular complexity index is 1110. The maximum absolute atomic E-state index is 13.3. The van der Waals surface area contributed by atoms with Crippen LogP contribution in [0.15, 0.2) is 61.4 Å². The first-order chi connectivity index (χ1) is 13.7. The second-order valence-corrected chi connectivity index (χ2v) is 10.8. The van der Waals surface area contributed by atoms with Crippen LogP contribution in [0, 0.1) is 16.7 Å². The van der Waals surface area contributed by atoms with Gasteiger partial charge in [-0.3, -0.25) is 9.69 Å². The summed E-state index contributed by atoms with van der Waals surface area (Å²) in [5.41, 5.74) is 8.24. The Balaban J connectivity index is 1.99. The monoisotopic (exact) mass is 532 g/mol. The van der Waals surface area contributed by atoms with Gasteiger partial charge in [0.2, 0.25) is 0 Å². The van der Waals surface area contributed by atoms with E-state index in [2.05, 4.69) is 56.8 Å². The number of aromatic nitrogens is 1. The molecule has 148 valence electrons. The molecule has 0 fully saturated rings. The van der Waals surface area contributed by atoms with E-state index < -0.39 is 5.92 Å². The Labute approximate surface area is 190 Å². The average Bonchev–Trinajstić information content (AvgIpc) is 3.07. The molecule has 0 bridgehead atoms. The third-order valence-corrected chi connectivity index (χ3v) is 7.42. The summed E-state index contributed by atoms with van der Waals surface area (Å²) in [5, 5.41) is 12.0. The predicted molar refractivity (Wildman–Crippen MR) is 121 cm³/mol. The first kappa shape index (κ1) is 20.3. The second-order valence-electron chi connectivity index (χ2n) is 7.98. The van der Waals surface area contributed by atoms with Gasteiger partial charge in [0.25, 0.3) is 0 Å². The van der Waals surface area contributed by atoms with E-state index in [1.807, 2.05) is 23.6 Å². The molecule has 2 aliphatic rings. The van der Waals surface area contributed by atoms with E-state index in [9.17, 15) is 10.1 Å². The van der Waals surface area contributed by atoms with Crippen molar-refractivity contribution in [2.75, 3.05) is 4.90 Å². The zero-order valence-electron chi connectivity index (χ0n) is 15.9. The molecule has 0 saturated heterocycles. The van der Waals surface area contributed by atoms with Gasteiger partial charge in [0, 0.05) is 43.1 Å². The van der Waals surface area contributed by atoms with E-state index in [0.29, 0.717) is 35.6 Å². The molecule has 5 nitrogen and oxygen atoms in total. The standard InChI is InChI=1S/C21H18Br2N4OS/c1-21(2)6-14-19(15(28)7-21)18(16-5-12(23)10-29-16)13(8-24)20(25)27(14)17-4-3-11(22)9-26-17/h3-5,9-10,18H,6-7,25H2,1-2H3. The van der Waals surface area contributed by atoms with Crippen molar-refractivity contribution in [1.82, 2.24) is 4.98 Å². The summed E-state index contributed by atoms with van der Waals surface area (Å²) < 4.78 is 1.77. The van der Waals surface area contributed by atoms with Gasteiger partial charge in [-0.2, -0.15) is 5.26 Å². The number of hydrogen-bond acceptors (Lipinski definition) is 6. The quantitative estimate of drug-likeness (QED) is 0.542. The molecule has 29 heavy (non-hydrogen) atoms. The zero-order valence-corrected chi connectivity index (χ0v) is 19.9. The van der Waals surface area contributed by atoms with Gasteiger partial charge >= 0.3 is 0 Å². The maximum Gasteiger partial charge on any atom is 0.162 e. The number of nitrogens with two attached hydrogens (primary N) is 1. The predicted octanol–water partition coefficient (Wildman–Crippen LogP) is 5.61. The van der Waals surface area contributed by atoms with Crippen LogP contribution in [0.2, 0.25) is 0 Å². The average molecular weight is 534 g/mol. The minimum atomic E-state index is -0.443. The minimum absolute atomic E-state index is 0.0631. The Kier molecular flexibility index (Phi) is 5.18. The largest absolute Gasteiger partial charge is 0.384 e. The van der Waals surface area contributed by atoms with Crippen molar-refractivity contribution < 1.29 is 4.79 Å². The molecular formula is C21H18Br2N4OS. The van der Waals surface area contributed by atoms with Gasteiger partial charge < -0.3 is 5.73 Å². The van der Waals surface area contributed by atoms with E-state index in [4.69, 9.17) is 5.73 Å². The van der Waals surface area contributed by atoms with Gasteiger partial charge in [-0.25, -0.2) is 4.98 Å². The van der Waals surface area contributed by atoms with Crippen LogP contribution in [-0.2, 0) is 4.79 Å². The van der Waals surface area contributed by atoms with Gasteiger partial charge in [0.15, 0.2) is 5.78 Å². The molecule has 0 spiro atoms. The number of ketones is 1. The number of hydrogen-bond donors (Lipinski definition) is 1. The van der Waals surface area contributed by atoms with Crippen molar-refractivity contribution in [2.45, 2.75) is 32.6 Å². The molecule has 1 aliphatic heterocycles. The van der Waals surface area contributed by atoms with Crippen LogP contribution in [0.3, 0.4) is 0 Å². The van der Waals surface area contributed by atoms with Crippen molar-refractivity contribution in [2.24, 2.45) is 11.1 Å². The minimum Gasteiger partial charge on any atom is -0.384 e. The van der Waals surface area contributed by atoms with Crippen molar-refractivity contribution in [3.8, 4) is 6.07 Å². The van der Waals surface area contributed by atoms with E-state index in [-0.39, 0.29) is 11.2 Å². The molecule has 2 aromatic rings. The molecule has 0 radical (unpaired) electrons. The molecule has 1 atom stereocenters. The van der Waals surface area contributed by atoms with E-state index in [1.165, 1.54) is 11.3 Å². The lowest BCUT2D eigenvalue weighted by Crippen LogP contribution is -2.42. The third-order valence-electron chi connectivity index (χ3n) is 5.19. The zero-order chi connectivity index (χ0) is 20.9. The Morgan fingerprint density at radius 1 is 1.31 bits per heavy atom. The number of pyridine rings is 1. The van der Waals surface area contributed by atoms with Gasteiger partial charge in [0.05, 0.1) is 17.6 Å². The lowest BCUT2D eigenvalue weighted by molar-refractivity contribution is -0.118. The fourth-order valence-corrected chi connectivity index (χ4v) is 5.83. The van der Waals surface area contributed by atoms with Gasteiger partial charge in [-0.05, 0) is 61.9 Å². The number of halogens is 2. The molecule has 1 aliphatic carbocycles. The first-order valence-electron chi connectivity index (χ1n) is 9.03. The van der Waals surface area contributed by atoms with Crippen LogP contribution in [-0.4, -0.2) is 10.8 Å². The SMILES string of the molecule is CC1(C)CC(=O)C2=C(C1)N(c1ccc(Br)cn1)C(N)=C(C#N)C2c1cc(Br)cs1. The molecule has 2 aromatic heterocycles. The van der Waals surface area contributed by atoms with Crippen molar-refractivity contribution in [3.05, 3.63) is 66.3 Å². The highest BCUT2D eigenvalue weighted by molar-refractivity contribution is 9.10. The van der Waals surface area contributed by atoms with Crippen LogP contribution in [0.1, 0.15) is 37.5 Å². The molecule has 3 heterocycles. The molecule has 2 N–H and O–H groups in total. The molecule has 0 saturated carbocycles. The maximum atomic E-state index is 13.3. The second kappa shape index (κ2) is 7.38. The number of nitrogens with zero attached hydrogens (tertiary/aromatic N) is 3. The Morgan fingerprint density at radius 3 is 2.66 bits per heavy atom. The fraction of sp³-hybridized carbons (Fsp3) is 0.286. The summed E-state index contributed by atoms with van der Waals surface area (Å²) in [6.07, 6.45) is 2.80. The Morgan fingerprint density at radius 2 is 2.07 bits per heavy atom. The van der Waals surface area contributed by atoms with E-state index >= 15 is 0 Å². The number of carbonyl (C=O) groups is 1. The summed E-state index contributed by atoms with van der Waals surface area (Å²) in [5.74, 6) is 0.554. The molecule has 0 amide bonds. The first-order valence-corrected chi connectivity index (χ1v) is 11.5. The number of allylic oxidation sites excluding steroid dienone is 3. The highest BCUT2D eigenvalue weighted by Crippen LogP contribution is 2.51. The van der Waals surface area contributed by atoms with Gasteiger partial charge in [-0.1, -0.05) is 13.8 Å². The lowest BCUT2D eigenvalue weighted by atomic mass is 9.70. The number of anilines is 1. The van der Waals surface area contributed by atoms with Gasteiger partial charge in [-0.15, -0.1) is 11.3 Å².